The van der Waals surface area contributed by atoms with Gasteiger partial charge in [0.2, 0.25) is 0 Å². The van der Waals surface area contributed by atoms with E-state index in [4.69, 9.17) is 10.5 Å². The van der Waals surface area contributed by atoms with Crippen molar-refractivity contribution >= 4 is 29.8 Å². The number of ketones is 1. The van der Waals surface area contributed by atoms with Crippen molar-refractivity contribution in [1.82, 2.24) is 4.90 Å². The van der Waals surface area contributed by atoms with Crippen molar-refractivity contribution in [3.63, 3.8) is 0 Å². The highest BCUT2D eigenvalue weighted by Gasteiger charge is 2.12. The van der Waals surface area contributed by atoms with Crippen LogP contribution < -0.4 is 10.5 Å². The van der Waals surface area contributed by atoms with Crippen LogP contribution >= 0.6 is 12.4 Å². The second kappa shape index (κ2) is 8.55. The lowest BCUT2D eigenvalue weighted by Gasteiger charge is -2.10. The number of nitrogen functional groups attached to an aromatic ring is 1. The van der Waals surface area contributed by atoms with Gasteiger partial charge in [-0.15, -0.1) is 12.4 Å². The molecule has 1 aromatic rings. The van der Waals surface area contributed by atoms with E-state index in [9.17, 15) is 9.59 Å². The minimum absolute atomic E-state index is 0. The van der Waals surface area contributed by atoms with Crippen molar-refractivity contribution < 1.29 is 14.3 Å². The number of Topliss-reactive ketones (excluding diaryl/α,β-unsaturated/α-hetero) is 1. The van der Waals surface area contributed by atoms with E-state index < -0.39 is 0 Å². The van der Waals surface area contributed by atoms with E-state index in [0.717, 1.165) is 13.0 Å². The zero-order chi connectivity index (χ0) is 14.4. The second-order valence-electron chi connectivity index (χ2n) is 4.69. The van der Waals surface area contributed by atoms with Crippen molar-refractivity contribution in [3.05, 3.63) is 23.8 Å². The maximum absolute atomic E-state index is 11.7. The van der Waals surface area contributed by atoms with Gasteiger partial charge in [-0.25, -0.2) is 0 Å². The topological polar surface area (TPSA) is 72.6 Å². The Morgan fingerprint density at radius 3 is 2.50 bits per heavy atom. The van der Waals surface area contributed by atoms with Gasteiger partial charge >= 0.3 is 5.97 Å². The molecule has 6 heteroatoms. The number of hydrogen-bond acceptors (Lipinski definition) is 5. The Kier molecular flexibility index (Phi) is 7.87. The normalized spacial score (nSPS) is 10.0. The molecule has 0 spiro atoms. The van der Waals surface area contributed by atoms with Crippen LogP contribution in [0.5, 0.6) is 5.75 Å². The Morgan fingerprint density at radius 2 is 1.95 bits per heavy atom. The molecule has 0 amide bonds. The van der Waals surface area contributed by atoms with Gasteiger partial charge in [0.25, 0.3) is 0 Å². The fraction of sp³-hybridized carbons (Fsp3) is 0.429. The molecule has 0 heterocycles. The van der Waals surface area contributed by atoms with Crippen molar-refractivity contribution in [2.45, 2.75) is 19.8 Å². The number of rotatable bonds is 6. The Hall–Kier alpha value is -1.59. The van der Waals surface area contributed by atoms with E-state index in [1.165, 1.54) is 13.0 Å². The molecular weight excluding hydrogens is 280 g/mol. The van der Waals surface area contributed by atoms with E-state index in [-0.39, 0.29) is 29.9 Å². The number of anilines is 1. The van der Waals surface area contributed by atoms with E-state index in [2.05, 4.69) is 0 Å². The van der Waals surface area contributed by atoms with E-state index in [1.807, 2.05) is 19.0 Å². The van der Waals surface area contributed by atoms with Crippen molar-refractivity contribution in [1.29, 1.82) is 0 Å². The zero-order valence-corrected chi connectivity index (χ0v) is 12.8. The van der Waals surface area contributed by atoms with Crippen molar-refractivity contribution in [2.24, 2.45) is 0 Å². The van der Waals surface area contributed by atoms with Crippen LogP contribution in [0.15, 0.2) is 18.2 Å². The summed E-state index contributed by atoms with van der Waals surface area (Å²) in [6, 6.07) is 4.68. The molecule has 0 aromatic heterocycles. The standard InChI is InChI=1S/C14H20N2O3.ClH/c1-10(17)12-9-11(15)6-7-13(12)19-14(18)5-4-8-16(2)3;/h6-7,9H,4-5,8,15H2,1-3H3;1H. The van der Waals surface area contributed by atoms with Gasteiger partial charge in [0.15, 0.2) is 5.78 Å². The summed E-state index contributed by atoms with van der Waals surface area (Å²) in [5.41, 5.74) is 6.42. The molecule has 2 N–H and O–H groups in total. The zero-order valence-electron chi connectivity index (χ0n) is 12.0. The summed E-state index contributed by atoms with van der Waals surface area (Å²) in [5.74, 6) is -0.242. The van der Waals surface area contributed by atoms with Gasteiger partial charge in [-0.05, 0) is 52.2 Å². The van der Waals surface area contributed by atoms with Crippen LogP contribution in [0.1, 0.15) is 30.1 Å². The molecule has 5 nitrogen and oxygen atoms in total. The Morgan fingerprint density at radius 1 is 1.30 bits per heavy atom. The third-order valence-corrected chi connectivity index (χ3v) is 2.59. The summed E-state index contributed by atoms with van der Waals surface area (Å²) in [5, 5.41) is 0. The van der Waals surface area contributed by atoms with Crippen LogP contribution in [0.4, 0.5) is 5.69 Å². The third kappa shape index (κ3) is 6.04. The van der Waals surface area contributed by atoms with E-state index >= 15 is 0 Å². The molecule has 0 saturated heterocycles. The predicted molar refractivity (Wildman–Crippen MR) is 81.5 cm³/mol. The first kappa shape index (κ1) is 18.4. The number of halogens is 1. The molecular formula is C14H21ClN2O3. The van der Waals surface area contributed by atoms with Crippen LogP contribution in [0.3, 0.4) is 0 Å². The number of nitrogens with zero attached hydrogens (tertiary/aromatic N) is 1. The summed E-state index contributed by atoms with van der Waals surface area (Å²) in [7, 11) is 3.89. The Bertz CT molecular complexity index is 475. The minimum Gasteiger partial charge on any atom is -0.426 e. The summed E-state index contributed by atoms with van der Waals surface area (Å²) in [6.45, 7) is 2.23. The largest absolute Gasteiger partial charge is 0.426 e. The average molecular weight is 301 g/mol. The van der Waals surface area contributed by atoms with Crippen LogP contribution in [0, 0.1) is 0 Å². The van der Waals surface area contributed by atoms with Crippen LogP contribution in [0.25, 0.3) is 0 Å². The van der Waals surface area contributed by atoms with Gasteiger partial charge in [-0.2, -0.15) is 0 Å². The van der Waals surface area contributed by atoms with Gasteiger partial charge in [0, 0.05) is 12.1 Å². The first-order valence-corrected chi connectivity index (χ1v) is 6.16. The highest BCUT2D eigenvalue weighted by atomic mass is 35.5. The number of carbonyl (C=O) groups excluding carboxylic acids is 2. The number of nitrogens with two attached hydrogens (primary N) is 1. The fourth-order valence-electron chi connectivity index (χ4n) is 1.63. The first-order chi connectivity index (χ1) is 8.90. The monoisotopic (exact) mass is 300 g/mol. The van der Waals surface area contributed by atoms with Crippen molar-refractivity contribution in [3.8, 4) is 5.75 Å². The highest BCUT2D eigenvalue weighted by Crippen LogP contribution is 2.22. The average Bonchev–Trinajstić information content (AvgIpc) is 2.30. The molecule has 0 atom stereocenters. The fourth-order valence-corrected chi connectivity index (χ4v) is 1.63. The number of benzene rings is 1. The molecule has 112 valence electrons. The van der Waals surface area contributed by atoms with Crippen molar-refractivity contribution in [2.75, 3.05) is 26.4 Å². The quantitative estimate of drug-likeness (QED) is 0.377. The number of hydrogen-bond donors (Lipinski definition) is 1. The summed E-state index contributed by atoms with van der Waals surface area (Å²) >= 11 is 0. The number of carbonyl (C=O) groups is 2. The third-order valence-electron chi connectivity index (χ3n) is 2.59. The molecule has 0 fully saturated rings. The summed E-state index contributed by atoms with van der Waals surface area (Å²) in [4.78, 5) is 25.1. The first-order valence-electron chi connectivity index (χ1n) is 6.16. The lowest BCUT2D eigenvalue weighted by atomic mass is 10.1. The van der Waals surface area contributed by atoms with E-state index in [0.29, 0.717) is 17.7 Å². The maximum atomic E-state index is 11.7. The Labute approximate surface area is 125 Å². The van der Waals surface area contributed by atoms with Gasteiger partial charge in [-0.1, -0.05) is 0 Å². The molecule has 0 aliphatic carbocycles. The molecule has 0 aliphatic heterocycles. The SMILES string of the molecule is CC(=O)c1cc(N)ccc1OC(=O)CCCN(C)C.Cl. The van der Waals surface area contributed by atoms with E-state index in [1.54, 1.807) is 12.1 Å². The summed E-state index contributed by atoms with van der Waals surface area (Å²) in [6.07, 6.45) is 1.04. The molecule has 0 bridgehead atoms. The second-order valence-corrected chi connectivity index (χ2v) is 4.69. The van der Waals surface area contributed by atoms with Gasteiger partial charge in [0.05, 0.1) is 5.56 Å². The molecule has 1 aromatic carbocycles. The van der Waals surface area contributed by atoms with Crippen LogP contribution in [0.2, 0.25) is 0 Å². The molecule has 0 aliphatic rings. The van der Waals surface area contributed by atoms with Crippen LogP contribution in [-0.4, -0.2) is 37.3 Å². The molecule has 0 radical (unpaired) electrons. The maximum Gasteiger partial charge on any atom is 0.311 e. The number of esters is 1. The predicted octanol–water partition coefficient (Wildman–Crippen LogP) is 2.14. The smallest absolute Gasteiger partial charge is 0.311 e. The Balaban J connectivity index is 0.00000361. The van der Waals surface area contributed by atoms with Crippen LogP contribution in [-0.2, 0) is 4.79 Å². The molecule has 20 heavy (non-hydrogen) atoms. The minimum atomic E-state index is -0.339. The summed E-state index contributed by atoms with van der Waals surface area (Å²) < 4.78 is 5.21. The van der Waals surface area contributed by atoms with Gasteiger partial charge in [0.1, 0.15) is 5.75 Å². The van der Waals surface area contributed by atoms with Gasteiger partial charge in [-0.3, -0.25) is 9.59 Å². The lowest BCUT2D eigenvalue weighted by Crippen LogP contribution is -2.16. The number of ether oxygens (including phenoxy) is 1. The molecule has 1 rings (SSSR count). The molecule has 0 unspecified atom stereocenters. The highest BCUT2D eigenvalue weighted by molar-refractivity contribution is 5.98. The molecule has 0 saturated carbocycles. The lowest BCUT2D eigenvalue weighted by molar-refractivity contribution is -0.134. The van der Waals surface area contributed by atoms with Gasteiger partial charge < -0.3 is 15.4 Å².